The number of carbonyl (C=O) groups is 4. The summed E-state index contributed by atoms with van der Waals surface area (Å²) < 4.78 is 0. The van der Waals surface area contributed by atoms with Crippen LogP contribution >= 0.6 is 0 Å². The number of hydrogen-bond donors (Lipinski definition) is 5. The van der Waals surface area contributed by atoms with Gasteiger partial charge in [-0.05, 0) is 13.8 Å². The van der Waals surface area contributed by atoms with Crippen molar-refractivity contribution >= 4 is 23.9 Å². The van der Waals surface area contributed by atoms with Gasteiger partial charge < -0.3 is 47.6 Å². The van der Waals surface area contributed by atoms with Crippen LogP contribution < -0.4 is 27.8 Å². The summed E-state index contributed by atoms with van der Waals surface area (Å²) in [7, 11) is 0. The number of nitrogens with two attached hydrogens (primary N) is 2. The molecule has 0 aliphatic carbocycles. The normalized spacial score (nSPS) is 5.91. The van der Waals surface area contributed by atoms with Crippen molar-refractivity contribution < 1.29 is 56.7 Å². The number of carboxylic acid groups (broad SMARTS) is 4. The van der Waals surface area contributed by atoms with Gasteiger partial charge in [0.2, 0.25) is 0 Å². The quantitative estimate of drug-likeness (QED) is 0.283. The molecular weight excluding hydrogens is 354 g/mol. The molecule has 12 heteroatoms. The van der Waals surface area contributed by atoms with E-state index in [1.807, 2.05) is 0 Å². The third kappa shape index (κ3) is 10500. The van der Waals surface area contributed by atoms with Crippen LogP contribution in [-0.2, 0) is 36.2 Å². The van der Waals surface area contributed by atoms with Crippen molar-refractivity contribution in [3.8, 4) is 0 Å². The van der Waals surface area contributed by atoms with Crippen molar-refractivity contribution in [3.63, 3.8) is 0 Å². The van der Waals surface area contributed by atoms with Gasteiger partial charge in [0, 0.05) is 38.9 Å². The average Bonchev–Trinajstić information content (AvgIpc) is 2.13. The van der Waals surface area contributed by atoms with Gasteiger partial charge in [0.1, 0.15) is 0 Å². The smallest absolute Gasteiger partial charge is 0.550 e. The maximum absolute atomic E-state index is 9.00. The van der Waals surface area contributed by atoms with E-state index in [4.69, 9.17) is 51.1 Å². The predicted molar refractivity (Wildman–Crippen MR) is 71.1 cm³/mol. The molecule has 0 heterocycles. The molecule has 11 nitrogen and oxygen atoms in total. The molecule has 139 valence electrons. The summed E-state index contributed by atoms with van der Waals surface area (Å²) in [4.78, 5) is 35.8. The second-order valence-electron chi connectivity index (χ2n) is 2.60. The summed E-state index contributed by atoms with van der Waals surface area (Å²) in [5.41, 5.74) is 9.81. The summed E-state index contributed by atoms with van der Waals surface area (Å²) in [5.74, 6) is -3.83. The molecule has 0 aromatic heterocycles. The summed E-state index contributed by atoms with van der Waals surface area (Å²) in [5, 5.41) is 32.6. The van der Waals surface area contributed by atoms with Crippen LogP contribution in [0.2, 0.25) is 0 Å². The summed E-state index contributed by atoms with van der Waals surface area (Å²) in [6.07, 6.45) is 0. The molecule has 0 rings (SSSR count). The zero-order valence-electron chi connectivity index (χ0n) is 12.9. The molecule has 0 unspecified atom stereocenters. The predicted octanol–water partition coefficient (Wildman–Crippen LogP) is -3.24. The fraction of sp³-hybridized carbons (Fsp3) is 0.600. The van der Waals surface area contributed by atoms with Crippen molar-refractivity contribution in [3.05, 3.63) is 0 Å². The van der Waals surface area contributed by atoms with Crippen molar-refractivity contribution in [1.82, 2.24) is 6.15 Å². The topological polar surface area (TPSA) is 242 Å². The fourth-order valence-corrected chi connectivity index (χ4v) is 0. The average molecular weight is 379 g/mol. The molecule has 0 spiro atoms. The van der Waals surface area contributed by atoms with Gasteiger partial charge in [-0.1, -0.05) is 0 Å². The Labute approximate surface area is 139 Å². The summed E-state index contributed by atoms with van der Waals surface area (Å²) in [6.45, 7) is 5.31. The molecule has 1 radical (unpaired) electrons. The first-order chi connectivity index (χ1) is 8.84. The fourth-order valence-electron chi connectivity index (χ4n) is 0. The van der Waals surface area contributed by atoms with Crippen molar-refractivity contribution in [2.75, 3.05) is 13.1 Å². The van der Waals surface area contributed by atoms with Gasteiger partial charge in [-0.3, -0.25) is 9.59 Å². The third-order valence-corrected chi connectivity index (χ3v) is 0.167. The van der Waals surface area contributed by atoms with Gasteiger partial charge >= 0.3 is 17.1 Å². The van der Waals surface area contributed by atoms with Crippen LogP contribution in [0.3, 0.4) is 0 Å². The zero-order valence-corrected chi connectivity index (χ0v) is 13.9. The number of carboxylic acids is 4. The Morgan fingerprint density at radius 2 is 0.818 bits per heavy atom. The molecule has 9 N–H and O–H groups in total. The Morgan fingerprint density at radius 1 is 0.773 bits per heavy atom. The minimum absolute atomic E-state index is 0. The molecule has 0 amide bonds. The molecular formula is C10H25CuN3O8. The number of carbonyl (C=O) groups excluding carboxylic acids is 2. The minimum Gasteiger partial charge on any atom is -0.550 e. The van der Waals surface area contributed by atoms with Crippen LogP contribution in [0.15, 0.2) is 0 Å². The molecule has 0 atom stereocenters. The maximum Gasteiger partial charge on any atom is 2.00 e. The molecule has 0 saturated carbocycles. The first-order valence-corrected chi connectivity index (χ1v) is 4.99. The number of aliphatic carboxylic acids is 4. The summed E-state index contributed by atoms with van der Waals surface area (Å²) >= 11 is 0. The van der Waals surface area contributed by atoms with Crippen LogP contribution in [0.25, 0.3) is 0 Å². The van der Waals surface area contributed by atoms with Gasteiger partial charge in [0.15, 0.2) is 0 Å². The number of hydrogen-bond acceptors (Lipinski definition) is 9. The van der Waals surface area contributed by atoms with Gasteiger partial charge in [0.25, 0.3) is 11.9 Å². The van der Waals surface area contributed by atoms with Crippen molar-refractivity contribution in [1.29, 1.82) is 0 Å². The standard InChI is InChI=1S/C2H8N2.4C2H4O2.Cu.H3N/c3-1-2-4;4*1-2(3)4;;/h1-4H2;4*1H3,(H,3,4);;1H3/q;;;;;+2;/p-2. The minimum atomic E-state index is -1.08. The Balaban J connectivity index is -0.0000000250. The molecule has 0 fully saturated rings. The van der Waals surface area contributed by atoms with E-state index >= 15 is 0 Å². The van der Waals surface area contributed by atoms with Crippen molar-refractivity contribution in [2.45, 2.75) is 27.7 Å². The molecule has 22 heavy (non-hydrogen) atoms. The molecule has 0 aromatic carbocycles. The first-order valence-electron chi connectivity index (χ1n) is 4.99. The van der Waals surface area contributed by atoms with Gasteiger partial charge in [-0.25, -0.2) is 0 Å². The molecule has 0 bridgehead atoms. The Morgan fingerprint density at radius 3 is 0.818 bits per heavy atom. The monoisotopic (exact) mass is 378 g/mol. The van der Waals surface area contributed by atoms with Gasteiger partial charge in [-0.15, -0.1) is 0 Å². The van der Waals surface area contributed by atoms with Gasteiger partial charge in [-0.2, -0.15) is 0 Å². The molecule has 0 aliphatic heterocycles. The molecule has 0 aromatic rings. The van der Waals surface area contributed by atoms with E-state index in [9.17, 15) is 0 Å². The van der Waals surface area contributed by atoms with Crippen LogP contribution in [-0.4, -0.2) is 47.2 Å². The molecule has 0 aliphatic rings. The second kappa shape index (κ2) is 42.7. The maximum atomic E-state index is 9.00. The van der Waals surface area contributed by atoms with E-state index in [-0.39, 0.29) is 23.2 Å². The molecule has 0 saturated heterocycles. The number of rotatable bonds is 1. The summed E-state index contributed by atoms with van der Waals surface area (Å²) in [6, 6.07) is 0. The SMILES string of the molecule is CC(=O)O.CC(=O)O.CC(=O)[O-].CC(=O)[O-].N.NCCN.[Cu+2]. The van der Waals surface area contributed by atoms with E-state index in [0.717, 1.165) is 27.7 Å². The van der Waals surface area contributed by atoms with Crippen LogP contribution in [0.1, 0.15) is 27.7 Å². The zero-order chi connectivity index (χ0) is 17.7. The van der Waals surface area contributed by atoms with Crippen molar-refractivity contribution in [2.24, 2.45) is 11.5 Å². The van der Waals surface area contributed by atoms with E-state index in [0.29, 0.717) is 13.1 Å². The largest absolute Gasteiger partial charge is 2.00 e. The Hall–Kier alpha value is -1.72. The first kappa shape index (κ1) is 42.7. The Kier molecular flexibility index (Phi) is 83.0. The van der Waals surface area contributed by atoms with E-state index in [1.165, 1.54) is 0 Å². The van der Waals surface area contributed by atoms with Crippen LogP contribution in [0.5, 0.6) is 0 Å². The van der Waals surface area contributed by atoms with Gasteiger partial charge in [0.05, 0.1) is 0 Å². The second-order valence-corrected chi connectivity index (χ2v) is 2.60. The van der Waals surface area contributed by atoms with Crippen LogP contribution in [0.4, 0.5) is 0 Å². The van der Waals surface area contributed by atoms with E-state index < -0.39 is 23.9 Å². The van der Waals surface area contributed by atoms with Crippen LogP contribution in [0, 0.1) is 0 Å². The third-order valence-electron chi connectivity index (χ3n) is 0.167. The Bertz CT molecular complexity index is 199. The van der Waals surface area contributed by atoms with E-state index in [2.05, 4.69) is 0 Å². The van der Waals surface area contributed by atoms with E-state index in [1.54, 1.807) is 0 Å².